The number of anilines is 1. The van der Waals surface area contributed by atoms with Crippen LogP contribution in [0.4, 0.5) is 5.82 Å². The molecule has 4 aromatic heterocycles. The summed E-state index contributed by atoms with van der Waals surface area (Å²) in [6.07, 6.45) is 11.4. The van der Waals surface area contributed by atoms with Gasteiger partial charge in [-0.15, -0.1) is 0 Å². The van der Waals surface area contributed by atoms with Gasteiger partial charge in [0, 0.05) is 43.9 Å². The van der Waals surface area contributed by atoms with Crippen LogP contribution >= 0.6 is 0 Å². The topological polar surface area (TPSA) is 119 Å². The van der Waals surface area contributed by atoms with E-state index >= 15 is 0 Å². The number of amides is 1. The lowest BCUT2D eigenvalue weighted by Crippen LogP contribution is -2.45. The van der Waals surface area contributed by atoms with Crippen LogP contribution in [-0.2, 0) is 12.5 Å². The third-order valence-electron chi connectivity index (χ3n) is 7.46. The molecule has 0 atom stereocenters. The Morgan fingerprint density at radius 1 is 1.11 bits per heavy atom. The predicted octanol–water partition coefficient (Wildman–Crippen LogP) is 2.60. The third-order valence-corrected chi connectivity index (χ3v) is 7.46. The van der Waals surface area contributed by atoms with Crippen LogP contribution in [0.25, 0.3) is 16.8 Å². The van der Waals surface area contributed by atoms with E-state index in [0.29, 0.717) is 12.4 Å². The molecule has 4 aromatic rings. The van der Waals surface area contributed by atoms with Gasteiger partial charge in [-0.1, -0.05) is 19.0 Å². The number of aryl methyl sites for hydroxylation is 1. The number of nitrogens with zero attached hydrogens (tertiary/aromatic N) is 8. The lowest BCUT2D eigenvalue weighted by atomic mass is 9.80. The second-order valence-electron chi connectivity index (χ2n) is 10.5. The number of carbonyl (C=O) groups is 1. The van der Waals surface area contributed by atoms with Gasteiger partial charge >= 0.3 is 0 Å². The summed E-state index contributed by atoms with van der Waals surface area (Å²) in [5.74, 6) is 1.32. The van der Waals surface area contributed by atoms with E-state index in [1.54, 1.807) is 10.9 Å². The van der Waals surface area contributed by atoms with Crippen molar-refractivity contribution in [2.75, 3.05) is 24.5 Å². The Morgan fingerprint density at radius 3 is 2.63 bits per heavy atom. The lowest BCUT2D eigenvalue weighted by Gasteiger charge is -2.40. The molecule has 6 rings (SSSR count). The van der Waals surface area contributed by atoms with Gasteiger partial charge < -0.3 is 14.7 Å². The summed E-state index contributed by atoms with van der Waals surface area (Å²) in [4.78, 5) is 24.2. The summed E-state index contributed by atoms with van der Waals surface area (Å²) in [6, 6.07) is 1.99. The number of hydrogen-bond donors (Lipinski definition) is 1. The van der Waals surface area contributed by atoms with Crippen LogP contribution in [0, 0.1) is 5.41 Å². The van der Waals surface area contributed by atoms with Crippen molar-refractivity contribution in [3.8, 4) is 11.3 Å². The maximum absolute atomic E-state index is 12.6. The van der Waals surface area contributed by atoms with Crippen molar-refractivity contribution in [1.82, 2.24) is 39.8 Å². The Morgan fingerprint density at radius 2 is 1.91 bits per heavy atom. The maximum Gasteiger partial charge on any atom is 0.292 e. The number of hydrogen-bond acceptors (Lipinski definition) is 8. The minimum Gasteiger partial charge on any atom is -0.355 e. The molecule has 1 N–H and O–H groups in total. The van der Waals surface area contributed by atoms with Crippen LogP contribution < -0.4 is 10.2 Å². The van der Waals surface area contributed by atoms with E-state index in [2.05, 4.69) is 44.4 Å². The van der Waals surface area contributed by atoms with E-state index in [1.165, 1.54) is 0 Å². The highest BCUT2D eigenvalue weighted by Gasteiger charge is 2.45. The minimum atomic E-state index is -0.278. The Balaban J connectivity index is 1.13. The van der Waals surface area contributed by atoms with Crippen LogP contribution in [-0.4, -0.2) is 60.1 Å². The van der Waals surface area contributed by atoms with Crippen LogP contribution in [0.1, 0.15) is 56.0 Å². The van der Waals surface area contributed by atoms with E-state index in [4.69, 9.17) is 9.51 Å². The monoisotopic (exact) mass is 475 g/mol. The van der Waals surface area contributed by atoms with E-state index in [0.717, 1.165) is 61.4 Å². The Kier molecular flexibility index (Phi) is 4.90. The molecule has 2 fully saturated rings. The van der Waals surface area contributed by atoms with E-state index < -0.39 is 0 Å². The van der Waals surface area contributed by atoms with Gasteiger partial charge in [0.15, 0.2) is 5.82 Å². The van der Waals surface area contributed by atoms with Crippen LogP contribution in [0.15, 0.2) is 35.4 Å². The molecule has 0 spiro atoms. The standard InChI is InChI=1S/C24H29N9O2/c1-23(15-25-21(34)19-29-22(35-30-19)24(2)5-6-24)7-10-32(11-8-23)20-18-4-9-26-33(18)14-17(28-20)16-12-27-31(3)13-16/h4,9,12-14H,5-8,10-11,15H2,1-3H3,(H,25,34). The van der Waals surface area contributed by atoms with Crippen LogP contribution in [0.2, 0.25) is 0 Å². The zero-order valence-electron chi connectivity index (χ0n) is 20.2. The molecule has 11 heteroatoms. The molecule has 1 amide bonds. The summed E-state index contributed by atoms with van der Waals surface area (Å²) in [5, 5.41) is 15.6. The second kappa shape index (κ2) is 7.89. The van der Waals surface area contributed by atoms with Crippen LogP contribution in [0.5, 0.6) is 0 Å². The first-order chi connectivity index (χ1) is 16.8. The molecule has 1 aliphatic carbocycles. The summed E-state index contributed by atoms with van der Waals surface area (Å²) >= 11 is 0. The number of piperidine rings is 1. The SMILES string of the molecule is Cn1cc(-c2cn3nccc3c(N3CCC(C)(CNC(=O)c4noc(C5(C)CC5)n4)CC3)n2)cn1. The van der Waals surface area contributed by atoms with Crippen molar-refractivity contribution in [3.63, 3.8) is 0 Å². The summed E-state index contributed by atoms with van der Waals surface area (Å²) < 4.78 is 8.96. The van der Waals surface area contributed by atoms with E-state index in [1.807, 2.05) is 36.2 Å². The first-order valence-corrected chi connectivity index (χ1v) is 12.0. The molecule has 0 unspecified atom stereocenters. The Bertz CT molecular complexity index is 1390. The van der Waals surface area contributed by atoms with Gasteiger partial charge in [0.2, 0.25) is 5.89 Å². The van der Waals surface area contributed by atoms with Crippen molar-refractivity contribution >= 4 is 17.2 Å². The largest absolute Gasteiger partial charge is 0.355 e. The molecule has 1 aliphatic heterocycles. The Hall–Kier alpha value is -3.76. The molecule has 2 aliphatic rings. The average molecular weight is 476 g/mol. The van der Waals surface area contributed by atoms with Gasteiger partial charge in [0.25, 0.3) is 11.7 Å². The summed E-state index contributed by atoms with van der Waals surface area (Å²) in [6.45, 7) is 6.52. The first kappa shape index (κ1) is 21.8. The molecular formula is C24H29N9O2. The van der Waals surface area contributed by atoms with Crippen molar-refractivity contribution < 1.29 is 9.32 Å². The molecule has 11 nitrogen and oxygen atoms in total. The zero-order chi connectivity index (χ0) is 24.2. The van der Waals surface area contributed by atoms with Crippen molar-refractivity contribution in [3.05, 3.63) is 42.6 Å². The van der Waals surface area contributed by atoms with Crippen LogP contribution in [0.3, 0.4) is 0 Å². The van der Waals surface area contributed by atoms with Crippen molar-refractivity contribution in [2.45, 2.75) is 44.9 Å². The smallest absolute Gasteiger partial charge is 0.292 e. The number of fused-ring (bicyclic) bond motifs is 1. The first-order valence-electron chi connectivity index (χ1n) is 12.0. The average Bonchev–Trinajstić information content (AvgIpc) is 3.30. The highest BCUT2D eigenvalue weighted by Crippen LogP contribution is 2.46. The lowest BCUT2D eigenvalue weighted by molar-refractivity contribution is 0.0911. The molecule has 182 valence electrons. The van der Waals surface area contributed by atoms with Crippen molar-refractivity contribution in [2.24, 2.45) is 12.5 Å². The molecule has 35 heavy (non-hydrogen) atoms. The zero-order valence-corrected chi connectivity index (χ0v) is 20.2. The molecule has 1 saturated heterocycles. The summed E-state index contributed by atoms with van der Waals surface area (Å²) in [5.41, 5.74) is 2.69. The molecular weight excluding hydrogens is 446 g/mol. The Labute approximate surface area is 202 Å². The molecule has 0 radical (unpaired) electrons. The molecule has 1 saturated carbocycles. The maximum atomic E-state index is 12.6. The molecule has 0 bridgehead atoms. The fraction of sp³-hybridized carbons (Fsp3) is 0.500. The molecule has 5 heterocycles. The highest BCUT2D eigenvalue weighted by molar-refractivity contribution is 5.90. The fourth-order valence-corrected chi connectivity index (χ4v) is 4.61. The van der Waals surface area contributed by atoms with Crippen molar-refractivity contribution in [1.29, 1.82) is 0 Å². The predicted molar refractivity (Wildman–Crippen MR) is 128 cm³/mol. The second-order valence-corrected chi connectivity index (χ2v) is 10.5. The highest BCUT2D eigenvalue weighted by atomic mass is 16.5. The van der Waals surface area contributed by atoms with Gasteiger partial charge in [-0.05, 0) is 37.2 Å². The minimum absolute atomic E-state index is 0.0291. The fourth-order valence-electron chi connectivity index (χ4n) is 4.61. The number of rotatable bonds is 6. The van der Waals surface area contributed by atoms with E-state index in [-0.39, 0.29) is 22.6 Å². The van der Waals surface area contributed by atoms with Gasteiger partial charge in [-0.25, -0.2) is 9.50 Å². The number of carbonyl (C=O) groups excluding carboxylic acids is 1. The third kappa shape index (κ3) is 4.04. The van der Waals surface area contributed by atoms with E-state index in [9.17, 15) is 4.79 Å². The van der Waals surface area contributed by atoms with Gasteiger partial charge in [-0.2, -0.15) is 15.2 Å². The number of nitrogens with one attached hydrogen (secondary N) is 1. The normalized spacial score (nSPS) is 18.7. The van der Waals surface area contributed by atoms with Gasteiger partial charge in [0.05, 0.1) is 24.3 Å². The molecule has 0 aromatic carbocycles. The summed E-state index contributed by atoms with van der Waals surface area (Å²) in [7, 11) is 1.89. The quantitative estimate of drug-likeness (QED) is 0.452. The van der Waals surface area contributed by atoms with Gasteiger partial charge in [-0.3, -0.25) is 9.48 Å². The number of aromatic nitrogens is 7. The van der Waals surface area contributed by atoms with Gasteiger partial charge in [0.1, 0.15) is 5.52 Å².